The van der Waals surface area contributed by atoms with Crippen LogP contribution in [0.2, 0.25) is 0 Å². The molecule has 53 valence electrons. The summed E-state index contributed by atoms with van der Waals surface area (Å²) in [6.45, 7) is 2.88. The van der Waals surface area contributed by atoms with Crippen molar-refractivity contribution in [3.63, 3.8) is 0 Å². The molecule has 0 fully saturated rings. The predicted octanol–water partition coefficient (Wildman–Crippen LogP) is 0.189. The van der Waals surface area contributed by atoms with Gasteiger partial charge in [-0.15, -0.1) is 0 Å². The lowest BCUT2D eigenvalue weighted by atomic mass is 9.94. The first-order valence-electron chi connectivity index (χ1n) is 2.85. The first kappa shape index (κ1) is 8.43. The second-order valence-corrected chi connectivity index (χ2v) is 2.61. The predicted molar refractivity (Wildman–Crippen MR) is 33.4 cm³/mol. The van der Waals surface area contributed by atoms with Gasteiger partial charge in [0, 0.05) is 7.05 Å². The maximum absolute atomic E-state index is 10.8. The van der Waals surface area contributed by atoms with E-state index in [1.807, 2.05) is 0 Å². The summed E-state index contributed by atoms with van der Waals surface area (Å²) in [5.41, 5.74) is -0.755. The van der Waals surface area contributed by atoms with E-state index in [-0.39, 0.29) is 12.5 Å². The fourth-order valence-corrected chi connectivity index (χ4v) is 0.404. The largest absolute Gasteiger partial charge is 0.359 e. The molecule has 0 spiro atoms. The van der Waals surface area contributed by atoms with Gasteiger partial charge in [0.2, 0.25) is 5.91 Å². The van der Waals surface area contributed by atoms with Crippen molar-refractivity contribution in [1.82, 2.24) is 5.32 Å². The summed E-state index contributed by atoms with van der Waals surface area (Å²) in [7, 11) is 1.53. The van der Waals surface area contributed by atoms with E-state index < -0.39 is 5.41 Å². The van der Waals surface area contributed by atoms with Crippen LogP contribution in [0.5, 0.6) is 0 Å². The Morgan fingerprint density at radius 2 is 2.00 bits per heavy atom. The Hall–Kier alpha value is -0.570. The molecule has 0 aliphatic carbocycles. The van der Waals surface area contributed by atoms with Crippen molar-refractivity contribution >= 4 is 5.91 Å². The standard InChI is InChI=1S/C6H12NO2/c1-6(2,4-8)5(9)7-3/h4H2,1-3H3,(H,7,9). The molecule has 3 nitrogen and oxygen atoms in total. The van der Waals surface area contributed by atoms with Gasteiger partial charge >= 0.3 is 0 Å². The molecule has 1 amide bonds. The monoisotopic (exact) mass is 130 g/mol. The Labute approximate surface area is 55.1 Å². The zero-order valence-electron chi connectivity index (χ0n) is 6.02. The summed E-state index contributed by atoms with van der Waals surface area (Å²) < 4.78 is 0. The highest BCUT2D eigenvalue weighted by Gasteiger charge is 2.25. The fraction of sp³-hybridized carbons (Fsp3) is 0.833. The van der Waals surface area contributed by atoms with E-state index in [1.165, 1.54) is 7.05 Å². The SMILES string of the molecule is CNC(=O)C(C)(C)C[O]. The first-order valence-corrected chi connectivity index (χ1v) is 2.85. The van der Waals surface area contributed by atoms with Crippen LogP contribution in [0.4, 0.5) is 0 Å². The van der Waals surface area contributed by atoms with Crippen molar-refractivity contribution in [2.24, 2.45) is 5.41 Å². The normalized spacial score (nSPS) is 11.1. The van der Waals surface area contributed by atoms with Gasteiger partial charge < -0.3 is 5.32 Å². The molecule has 0 aliphatic heterocycles. The minimum Gasteiger partial charge on any atom is -0.359 e. The van der Waals surface area contributed by atoms with Crippen LogP contribution in [-0.4, -0.2) is 19.6 Å². The molecule has 0 saturated heterocycles. The maximum Gasteiger partial charge on any atom is 0.227 e. The van der Waals surface area contributed by atoms with Gasteiger partial charge in [-0.1, -0.05) is 0 Å². The number of hydrogen-bond acceptors (Lipinski definition) is 1. The molecular weight excluding hydrogens is 118 g/mol. The van der Waals surface area contributed by atoms with E-state index in [9.17, 15) is 9.90 Å². The van der Waals surface area contributed by atoms with Crippen molar-refractivity contribution in [2.45, 2.75) is 13.8 Å². The molecule has 1 radical (unpaired) electrons. The third kappa shape index (κ3) is 2.01. The molecule has 0 aromatic carbocycles. The van der Waals surface area contributed by atoms with Crippen LogP contribution >= 0.6 is 0 Å². The van der Waals surface area contributed by atoms with Crippen molar-refractivity contribution < 1.29 is 9.90 Å². The topological polar surface area (TPSA) is 49.0 Å². The summed E-state index contributed by atoms with van der Waals surface area (Å²) in [4.78, 5) is 10.8. The van der Waals surface area contributed by atoms with E-state index in [0.717, 1.165) is 0 Å². The van der Waals surface area contributed by atoms with Crippen molar-refractivity contribution in [1.29, 1.82) is 0 Å². The van der Waals surface area contributed by atoms with Crippen LogP contribution in [0.15, 0.2) is 0 Å². The van der Waals surface area contributed by atoms with Gasteiger partial charge in [-0.2, -0.15) is 0 Å². The van der Waals surface area contributed by atoms with Gasteiger partial charge in [-0.3, -0.25) is 4.79 Å². The lowest BCUT2D eigenvalue weighted by Crippen LogP contribution is -2.36. The molecule has 0 rings (SSSR count). The van der Waals surface area contributed by atoms with Crippen molar-refractivity contribution in [3.05, 3.63) is 0 Å². The second kappa shape index (κ2) is 2.82. The first-order chi connectivity index (χ1) is 4.04. The average molecular weight is 130 g/mol. The number of carbonyl (C=O) groups is 1. The highest BCUT2D eigenvalue weighted by atomic mass is 16.3. The van der Waals surface area contributed by atoms with E-state index in [2.05, 4.69) is 5.32 Å². The molecule has 0 saturated carbocycles. The molecule has 0 heterocycles. The molecule has 1 N–H and O–H groups in total. The lowest BCUT2D eigenvalue weighted by Gasteiger charge is -2.17. The van der Waals surface area contributed by atoms with E-state index in [4.69, 9.17) is 0 Å². The van der Waals surface area contributed by atoms with Crippen LogP contribution in [0.1, 0.15) is 13.8 Å². The maximum atomic E-state index is 10.8. The molecule has 0 aromatic rings. The number of nitrogens with one attached hydrogen (secondary N) is 1. The van der Waals surface area contributed by atoms with Gasteiger partial charge in [0.1, 0.15) is 0 Å². The molecule has 0 aromatic heterocycles. The molecule has 0 unspecified atom stereocenters. The highest BCUT2D eigenvalue weighted by molar-refractivity contribution is 5.81. The Bertz CT molecular complexity index is 110. The number of hydrogen-bond donors (Lipinski definition) is 1. The Kier molecular flexibility index (Phi) is 2.65. The third-order valence-corrected chi connectivity index (χ3v) is 1.20. The summed E-state index contributed by atoms with van der Waals surface area (Å²) in [5.74, 6) is -0.197. The molecule has 0 aliphatic rings. The highest BCUT2D eigenvalue weighted by Crippen LogP contribution is 2.12. The Morgan fingerprint density at radius 3 is 2.11 bits per heavy atom. The average Bonchev–Trinajstić information content (AvgIpc) is 1.86. The Morgan fingerprint density at radius 1 is 1.56 bits per heavy atom. The van der Waals surface area contributed by atoms with Crippen LogP contribution in [0, 0.1) is 5.41 Å². The number of amides is 1. The van der Waals surface area contributed by atoms with E-state index in [1.54, 1.807) is 13.8 Å². The fourth-order valence-electron chi connectivity index (χ4n) is 0.404. The quantitative estimate of drug-likeness (QED) is 0.570. The Balaban J connectivity index is 3.97. The minimum atomic E-state index is -0.755. The molecule has 9 heavy (non-hydrogen) atoms. The molecular formula is C6H12NO2. The van der Waals surface area contributed by atoms with E-state index in [0.29, 0.717) is 0 Å². The molecule has 3 heteroatoms. The summed E-state index contributed by atoms with van der Waals surface area (Å²) >= 11 is 0. The lowest BCUT2D eigenvalue weighted by molar-refractivity contribution is -0.131. The van der Waals surface area contributed by atoms with Crippen molar-refractivity contribution in [3.8, 4) is 0 Å². The minimum absolute atomic E-state index is 0.197. The summed E-state index contributed by atoms with van der Waals surface area (Å²) in [6.07, 6.45) is 0. The third-order valence-electron chi connectivity index (χ3n) is 1.20. The van der Waals surface area contributed by atoms with Gasteiger partial charge in [0.25, 0.3) is 0 Å². The summed E-state index contributed by atoms with van der Waals surface area (Å²) in [5, 5.41) is 12.7. The van der Waals surface area contributed by atoms with E-state index >= 15 is 0 Å². The second-order valence-electron chi connectivity index (χ2n) is 2.61. The van der Waals surface area contributed by atoms with Crippen LogP contribution in [0.25, 0.3) is 0 Å². The van der Waals surface area contributed by atoms with Gasteiger partial charge in [0.05, 0.1) is 12.0 Å². The number of rotatable bonds is 2. The molecule has 0 atom stereocenters. The zero-order chi connectivity index (χ0) is 7.49. The van der Waals surface area contributed by atoms with Crippen LogP contribution in [-0.2, 0) is 9.90 Å². The van der Waals surface area contributed by atoms with Gasteiger partial charge in [-0.05, 0) is 13.8 Å². The zero-order valence-corrected chi connectivity index (χ0v) is 6.02. The smallest absolute Gasteiger partial charge is 0.227 e. The summed E-state index contributed by atoms with van der Waals surface area (Å²) in [6, 6.07) is 0. The van der Waals surface area contributed by atoms with Gasteiger partial charge in [0.15, 0.2) is 0 Å². The molecule has 0 bridgehead atoms. The van der Waals surface area contributed by atoms with Crippen LogP contribution in [0.3, 0.4) is 0 Å². The van der Waals surface area contributed by atoms with Crippen LogP contribution < -0.4 is 5.32 Å². The van der Waals surface area contributed by atoms with Crippen molar-refractivity contribution in [2.75, 3.05) is 13.7 Å². The number of carbonyl (C=O) groups excluding carboxylic acids is 1. The van der Waals surface area contributed by atoms with Gasteiger partial charge in [-0.25, -0.2) is 5.11 Å².